The van der Waals surface area contributed by atoms with Gasteiger partial charge in [-0.2, -0.15) is 0 Å². The van der Waals surface area contributed by atoms with E-state index in [0.29, 0.717) is 0 Å². The molecule has 1 saturated carbocycles. The molecule has 2 heterocycles. The second-order valence-electron chi connectivity index (χ2n) is 7.05. The summed E-state index contributed by atoms with van der Waals surface area (Å²) < 4.78 is 0. The molecule has 0 spiro atoms. The Labute approximate surface area is 148 Å². The first-order chi connectivity index (χ1) is 12.2. The fourth-order valence-corrected chi connectivity index (χ4v) is 3.81. The van der Waals surface area contributed by atoms with Crippen molar-refractivity contribution in [3.8, 4) is 0 Å². The van der Waals surface area contributed by atoms with Crippen molar-refractivity contribution in [1.29, 1.82) is 0 Å². The molecular formula is C20H24N4O. The second-order valence-corrected chi connectivity index (χ2v) is 7.05. The maximum Gasteiger partial charge on any atom is 0.319 e. The number of nitrogens with one attached hydrogen (secondary N) is 2. The summed E-state index contributed by atoms with van der Waals surface area (Å²) in [4.78, 5) is 19.2. The van der Waals surface area contributed by atoms with Crippen molar-refractivity contribution in [3.05, 3.63) is 53.7 Å². The Kier molecular flexibility index (Phi) is 4.07. The van der Waals surface area contributed by atoms with Gasteiger partial charge in [0.2, 0.25) is 0 Å². The number of benzene rings is 1. The van der Waals surface area contributed by atoms with E-state index in [1.807, 2.05) is 36.5 Å². The molecule has 1 aromatic carbocycles. The standard InChI is InChI=1S/C20H24N4O/c1-2-20(10-6-11-20)23-19(25)22-17-8-5-7-15-13-24(14-16(15)17)18-9-3-4-12-21-18/h3-5,7-9,12H,2,6,10-11,13-14H2,1H3,(H2,22,23,25). The molecular weight excluding hydrogens is 312 g/mol. The van der Waals surface area contributed by atoms with Gasteiger partial charge in [0.15, 0.2) is 0 Å². The van der Waals surface area contributed by atoms with E-state index >= 15 is 0 Å². The first-order valence-electron chi connectivity index (χ1n) is 9.05. The fourth-order valence-electron chi connectivity index (χ4n) is 3.81. The van der Waals surface area contributed by atoms with Gasteiger partial charge in [-0.05, 0) is 49.4 Å². The number of amides is 2. The number of anilines is 2. The number of aromatic nitrogens is 1. The van der Waals surface area contributed by atoms with E-state index in [4.69, 9.17) is 0 Å². The number of hydrogen-bond donors (Lipinski definition) is 2. The van der Waals surface area contributed by atoms with Gasteiger partial charge >= 0.3 is 6.03 Å². The van der Waals surface area contributed by atoms with Crippen molar-refractivity contribution in [1.82, 2.24) is 10.3 Å². The summed E-state index contributed by atoms with van der Waals surface area (Å²) in [5.41, 5.74) is 3.33. The van der Waals surface area contributed by atoms with Gasteiger partial charge in [-0.1, -0.05) is 25.1 Å². The Hall–Kier alpha value is -2.56. The molecule has 4 rings (SSSR count). The van der Waals surface area contributed by atoms with Gasteiger partial charge in [0.1, 0.15) is 5.82 Å². The average molecular weight is 336 g/mol. The zero-order valence-corrected chi connectivity index (χ0v) is 14.6. The van der Waals surface area contributed by atoms with Crippen LogP contribution in [0, 0.1) is 0 Å². The summed E-state index contributed by atoms with van der Waals surface area (Å²) in [6.07, 6.45) is 6.16. The van der Waals surface area contributed by atoms with Gasteiger partial charge in [0, 0.05) is 36.1 Å². The number of carbonyl (C=O) groups is 1. The largest absolute Gasteiger partial charge is 0.348 e. The van der Waals surface area contributed by atoms with Crippen molar-refractivity contribution >= 4 is 17.5 Å². The van der Waals surface area contributed by atoms with Crippen LogP contribution in [0.4, 0.5) is 16.3 Å². The zero-order chi connectivity index (χ0) is 17.3. The van der Waals surface area contributed by atoms with Crippen molar-refractivity contribution in [3.63, 3.8) is 0 Å². The van der Waals surface area contributed by atoms with Crippen molar-refractivity contribution in [2.45, 2.75) is 51.2 Å². The molecule has 2 N–H and O–H groups in total. The highest BCUT2D eigenvalue weighted by atomic mass is 16.2. The second kappa shape index (κ2) is 6.39. The molecule has 5 heteroatoms. The highest BCUT2D eigenvalue weighted by Crippen LogP contribution is 2.35. The van der Waals surface area contributed by atoms with E-state index in [0.717, 1.165) is 43.9 Å². The van der Waals surface area contributed by atoms with E-state index in [1.54, 1.807) is 0 Å². The molecule has 0 bridgehead atoms. The molecule has 5 nitrogen and oxygen atoms in total. The van der Waals surface area contributed by atoms with Crippen LogP contribution in [0.1, 0.15) is 43.7 Å². The molecule has 25 heavy (non-hydrogen) atoms. The number of fused-ring (bicyclic) bond motifs is 1. The molecule has 2 aliphatic rings. The topological polar surface area (TPSA) is 57.3 Å². The van der Waals surface area contributed by atoms with E-state index < -0.39 is 0 Å². The van der Waals surface area contributed by atoms with E-state index in [9.17, 15) is 4.79 Å². The molecule has 0 atom stereocenters. The van der Waals surface area contributed by atoms with Crippen LogP contribution in [0.2, 0.25) is 0 Å². The van der Waals surface area contributed by atoms with Crippen LogP contribution in [-0.2, 0) is 13.1 Å². The lowest BCUT2D eigenvalue weighted by atomic mass is 9.75. The van der Waals surface area contributed by atoms with Gasteiger partial charge in [-0.15, -0.1) is 0 Å². The van der Waals surface area contributed by atoms with E-state index in [1.165, 1.54) is 17.5 Å². The minimum atomic E-state index is -0.0914. The van der Waals surface area contributed by atoms with Crippen LogP contribution in [0.15, 0.2) is 42.6 Å². The zero-order valence-electron chi connectivity index (χ0n) is 14.6. The molecule has 0 radical (unpaired) electrons. The van der Waals surface area contributed by atoms with Crippen LogP contribution in [0.25, 0.3) is 0 Å². The summed E-state index contributed by atoms with van der Waals surface area (Å²) in [6.45, 7) is 3.73. The van der Waals surface area contributed by atoms with Crippen molar-refractivity contribution in [2.24, 2.45) is 0 Å². The molecule has 1 aliphatic heterocycles. The van der Waals surface area contributed by atoms with Crippen LogP contribution in [0.3, 0.4) is 0 Å². The Morgan fingerprint density at radius 2 is 2.08 bits per heavy atom. The van der Waals surface area contributed by atoms with Crippen LogP contribution >= 0.6 is 0 Å². The highest BCUT2D eigenvalue weighted by molar-refractivity contribution is 5.91. The maximum atomic E-state index is 12.5. The van der Waals surface area contributed by atoms with Crippen LogP contribution in [-0.4, -0.2) is 16.6 Å². The number of carbonyl (C=O) groups excluding carboxylic acids is 1. The average Bonchev–Trinajstić information content (AvgIpc) is 3.04. The third-order valence-corrected chi connectivity index (χ3v) is 5.57. The highest BCUT2D eigenvalue weighted by Gasteiger charge is 2.36. The van der Waals surface area contributed by atoms with Crippen LogP contribution in [0.5, 0.6) is 0 Å². The van der Waals surface area contributed by atoms with Gasteiger partial charge in [-0.3, -0.25) is 0 Å². The molecule has 1 aliphatic carbocycles. The predicted octanol–water partition coefficient (Wildman–Crippen LogP) is 4.06. The monoisotopic (exact) mass is 336 g/mol. The van der Waals surface area contributed by atoms with E-state index in [2.05, 4.69) is 33.5 Å². The van der Waals surface area contributed by atoms with E-state index in [-0.39, 0.29) is 11.6 Å². The van der Waals surface area contributed by atoms with Gasteiger partial charge in [-0.25, -0.2) is 9.78 Å². The molecule has 2 aromatic rings. The number of urea groups is 1. The lowest BCUT2D eigenvalue weighted by Gasteiger charge is -2.41. The van der Waals surface area contributed by atoms with Gasteiger partial charge < -0.3 is 15.5 Å². The minimum Gasteiger partial charge on any atom is -0.348 e. The normalized spacial score (nSPS) is 17.6. The minimum absolute atomic E-state index is 0.00201. The fraction of sp³-hybridized carbons (Fsp3) is 0.400. The van der Waals surface area contributed by atoms with Gasteiger partial charge in [0.25, 0.3) is 0 Å². The van der Waals surface area contributed by atoms with Crippen LogP contribution < -0.4 is 15.5 Å². The van der Waals surface area contributed by atoms with Crippen molar-refractivity contribution in [2.75, 3.05) is 10.2 Å². The molecule has 0 saturated heterocycles. The summed E-state index contributed by atoms with van der Waals surface area (Å²) in [5.74, 6) is 0.966. The Morgan fingerprint density at radius 3 is 2.76 bits per heavy atom. The molecule has 0 unspecified atom stereocenters. The lowest BCUT2D eigenvalue weighted by molar-refractivity contribution is 0.179. The molecule has 2 amide bonds. The molecule has 1 aromatic heterocycles. The Balaban J connectivity index is 1.48. The smallest absolute Gasteiger partial charge is 0.319 e. The number of nitrogens with zero attached hydrogens (tertiary/aromatic N) is 2. The number of hydrogen-bond acceptors (Lipinski definition) is 3. The predicted molar refractivity (Wildman–Crippen MR) is 99.6 cm³/mol. The summed E-state index contributed by atoms with van der Waals surface area (Å²) >= 11 is 0. The lowest BCUT2D eigenvalue weighted by Crippen LogP contribution is -2.54. The third-order valence-electron chi connectivity index (χ3n) is 5.57. The SMILES string of the molecule is CCC1(NC(=O)Nc2cccc3c2CN(c2ccccn2)C3)CCC1. The first-order valence-corrected chi connectivity index (χ1v) is 9.05. The Bertz CT molecular complexity index is 765. The Morgan fingerprint density at radius 1 is 1.20 bits per heavy atom. The third kappa shape index (κ3) is 3.06. The number of pyridine rings is 1. The number of rotatable bonds is 4. The van der Waals surface area contributed by atoms with Crippen molar-refractivity contribution < 1.29 is 4.79 Å². The van der Waals surface area contributed by atoms with Gasteiger partial charge in [0.05, 0.1) is 0 Å². The summed E-state index contributed by atoms with van der Waals surface area (Å²) in [6, 6.07) is 12.0. The summed E-state index contributed by atoms with van der Waals surface area (Å²) in [5, 5.41) is 6.26. The quantitative estimate of drug-likeness (QED) is 0.885. The first kappa shape index (κ1) is 15.9. The molecule has 130 valence electrons. The summed E-state index contributed by atoms with van der Waals surface area (Å²) in [7, 11) is 0. The maximum absolute atomic E-state index is 12.5. The molecule has 1 fully saturated rings.